The lowest BCUT2D eigenvalue weighted by Crippen LogP contribution is -2.27. The van der Waals surface area contributed by atoms with Gasteiger partial charge in [-0.2, -0.15) is 0 Å². The van der Waals surface area contributed by atoms with Gasteiger partial charge in [-0.1, -0.05) is 15.9 Å². The minimum absolute atomic E-state index is 0.0901. The van der Waals surface area contributed by atoms with Crippen LogP contribution in [0.4, 0.5) is 0 Å². The smallest absolute Gasteiger partial charge is 0.253 e. The number of nitrogens with zero attached hydrogens (tertiary/aromatic N) is 1. The molecule has 0 atom stereocenters. The van der Waals surface area contributed by atoms with Crippen molar-refractivity contribution in [2.75, 3.05) is 18.9 Å². The highest BCUT2D eigenvalue weighted by molar-refractivity contribution is 14.1. The molecule has 0 saturated heterocycles. The molecule has 0 bridgehead atoms. The van der Waals surface area contributed by atoms with Gasteiger partial charge in [0.05, 0.1) is 0 Å². The Kier molecular flexibility index (Phi) is 5.60. The van der Waals surface area contributed by atoms with Crippen molar-refractivity contribution in [3.05, 3.63) is 33.4 Å². The number of carbonyl (C=O) groups is 1. The third kappa shape index (κ3) is 4.10. The average molecular weight is 382 g/mol. The molecule has 0 aromatic heterocycles. The number of alkyl halides is 1. The van der Waals surface area contributed by atoms with Crippen LogP contribution in [0.25, 0.3) is 0 Å². The Morgan fingerprint density at radius 1 is 1.40 bits per heavy atom. The van der Waals surface area contributed by atoms with E-state index in [2.05, 4.69) is 38.5 Å². The van der Waals surface area contributed by atoms with E-state index in [-0.39, 0.29) is 5.91 Å². The highest BCUT2D eigenvalue weighted by atomic mass is 127. The van der Waals surface area contributed by atoms with Crippen LogP contribution in [0, 0.1) is 3.57 Å². The molecule has 1 aromatic carbocycles. The van der Waals surface area contributed by atoms with Crippen molar-refractivity contribution in [2.24, 2.45) is 0 Å². The molecular formula is C11H13BrINO. The first-order valence-corrected chi connectivity index (χ1v) is 6.92. The fraction of sp³-hybridized carbons (Fsp3) is 0.364. The zero-order valence-electron chi connectivity index (χ0n) is 8.54. The molecule has 15 heavy (non-hydrogen) atoms. The van der Waals surface area contributed by atoms with E-state index >= 15 is 0 Å². The Hall–Kier alpha value is -0.100. The lowest BCUT2D eigenvalue weighted by atomic mass is 10.2. The summed E-state index contributed by atoms with van der Waals surface area (Å²) < 4.78 is 1.15. The van der Waals surface area contributed by atoms with Crippen molar-refractivity contribution in [3.8, 4) is 0 Å². The first-order valence-electron chi connectivity index (χ1n) is 4.72. The fourth-order valence-corrected chi connectivity index (χ4v) is 1.82. The standard InChI is InChI=1S/C11H13BrINO/c1-14(8-2-7-12)11(15)9-3-5-10(13)6-4-9/h3-6H,2,7-8H2,1H3. The third-order valence-corrected chi connectivity index (χ3v) is 3.34. The number of hydrogen-bond donors (Lipinski definition) is 0. The van der Waals surface area contributed by atoms with E-state index in [1.807, 2.05) is 31.3 Å². The molecule has 0 saturated carbocycles. The molecule has 82 valence electrons. The van der Waals surface area contributed by atoms with Gasteiger partial charge >= 0.3 is 0 Å². The molecule has 0 aliphatic rings. The molecular weight excluding hydrogens is 369 g/mol. The molecule has 1 amide bonds. The van der Waals surface area contributed by atoms with E-state index in [1.165, 1.54) is 0 Å². The Morgan fingerprint density at radius 2 is 2.00 bits per heavy atom. The summed E-state index contributed by atoms with van der Waals surface area (Å²) in [4.78, 5) is 13.6. The predicted molar refractivity (Wildman–Crippen MR) is 74.5 cm³/mol. The van der Waals surface area contributed by atoms with Gasteiger partial charge in [0.2, 0.25) is 0 Å². The quantitative estimate of drug-likeness (QED) is 0.579. The fourth-order valence-electron chi connectivity index (χ4n) is 1.21. The largest absolute Gasteiger partial charge is 0.342 e. The molecule has 0 radical (unpaired) electrons. The maximum Gasteiger partial charge on any atom is 0.253 e. The minimum Gasteiger partial charge on any atom is -0.342 e. The van der Waals surface area contributed by atoms with Gasteiger partial charge in [-0.05, 0) is 53.3 Å². The Bertz CT molecular complexity index is 326. The lowest BCUT2D eigenvalue weighted by Gasteiger charge is -2.16. The summed E-state index contributed by atoms with van der Waals surface area (Å²) in [5.74, 6) is 0.0901. The maximum absolute atomic E-state index is 11.9. The molecule has 0 N–H and O–H groups in total. The van der Waals surface area contributed by atoms with Crippen molar-refractivity contribution in [1.82, 2.24) is 4.90 Å². The van der Waals surface area contributed by atoms with Gasteiger partial charge in [-0.3, -0.25) is 4.79 Å². The van der Waals surface area contributed by atoms with Gasteiger partial charge in [0.25, 0.3) is 5.91 Å². The van der Waals surface area contributed by atoms with E-state index in [4.69, 9.17) is 0 Å². The molecule has 0 unspecified atom stereocenters. The predicted octanol–water partition coefficient (Wildman–Crippen LogP) is 3.15. The second-order valence-electron chi connectivity index (χ2n) is 3.28. The zero-order valence-corrected chi connectivity index (χ0v) is 12.3. The highest BCUT2D eigenvalue weighted by Gasteiger charge is 2.10. The molecule has 0 aliphatic carbocycles. The van der Waals surface area contributed by atoms with Crippen LogP contribution in [0.2, 0.25) is 0 Å². The number of halogens is 2. The van der Waals surface area contributed by atoms with Crippen LogP contribution in [0.1, 0.15) is 16.8 Å². The maximum atomic E-state index is 11.9. The number of hydrogen-bond acceptors (Lipinski definition) is 1. The summed E-state index contributed by atoms with van der Waals surface area (Å²) in [6.45, 7) is 0.788. The van der Waals surface area contributed by atoms with E-state index in [0.29, 0.717) is 0 Å². The van der Waals surface area contributed by atoms with Crippen molar-refractivity contribution in [3.63, 3.8) is 0 Å². The first-order chi connectivity index (χ1) is 7.15. The second kappa shape index (κ2) is 6.48. The third-order valence-electron chi connectivity index (χ3n) is 2.07. The molecule has 1 rings (SSSR count). The Balaban J connectivity index is 2.63. The summed E-state index contributed by atoms with van der Waals surface area (Å²) >= 11 is 5.58. The van der Waals surface area contributed by atoms with Crippen molar-refractivity contribution in [2.45, 2.75) is 6.42 Å². The molecule has 0 spiro atoms. The van der Waals surface area contributed by atoms with Crippen molar-refractivity contribution >= 4 is 44.4 Å². The summed E-state index contributed by atoms with van der Waals surface area (Å²) in [5, 5.41) is 0.928. The Labute approximate surface area is 112 Å². The van der Waals surface area contributed by atoms with E-state index in [0.717, 1.165) is 27.4 Å². The van der Waals surface area contributed by atoms with Crippen LogP contribution < -0.4 is 0 Å². The van der Waals surface area contributed by atoms with Crippen molar-refractivity contribution in [1.29, 1.82) is 0 Å². The average Bonchev–Trinajstić information content (AvgIpc) is 2.26. The SMILES string of the molecule is CN(CCCBr)C(=O)c1ccc(I)cc1. The van der Waals surface area contributed by atoms with Crippen LogP contribution in [0.3, 0.4) is 0 Å². The number of carbonyl (C=O) groups excluding carboxylic acids is 1. The van der Waals surface area contributed by atoms with Gasteiger partial charge in [0, 0.05) is 28.1 Å². The lowest BCUT2D eigenvalue weighted by molar-refractivity contribution is 0.0795. The van der Waals surface area contributed by atoms with Crippen LogP contribution in [0.15, 0.2) is 24.3 Å². The van der Waals surface area contributed by atoms with Gasteiger partial charge in [-0.25, -0.2) is 0 Å². The highest BCUT2D eigenvalue weighted by Crippen LogP contribution is 2.09. The molecule has 2 nitrogen and oxygen atoms in total. The van der Waals surface area contributed by atoms with Gasteiger partial charge < -0.3 is 4.90 Å². The van der Waals surface area contributed by atoms with E-state index < -0.39 is 0 Å². The normalized spacial score (nSPS) is 10.1. The van der Waals surface area contributed by atoms with Crippen LogP contribution in [-0.4, -0.2) is 29.7 Å². The van der Waals surface area contributed by atoms with Gasteiger partial charge in [0.1, 0.15) is 0 Å². The van der Waals surface area contributed by atoms with Crippen LogP contribution in [-0.2, 0) is 0 Å². The molecule has 0 heterocycles. The summed E-state index contributed by atoms with van der Waals surface area (Å²) in [5.41, 5.74) is 0.757. The van der Waals surface area contributed by atoms with Crippen LogP contribution >= 0.6 is 38.5 Å². The van der Waals surface area contributed by atoms with E-state index in [9.17, 15) is 4.79 Å². The monoisotopic (exact) mass is 381 g/mol. The second-order valence-corrected chi connectivity index (χ2v) is 5.31. The summed E-state index contributed by atoms with van der Waals surface area (Å²) in [6.07, 6.45) is 0.979. The number of amides is 1. The summed E-state index contributed by atoms with van der Waals surface area (Å²) in [7, 11) is 1.84. The molecule has 0 aliphatic heterocycles. The summed E-state index contributed by atoms with van der Waals surface area (Å²) in [6, 6.07) is 7.64. The van der Waals surface area contributed by atoms with Gasteiger partial charge in [-0.15, -0.1) is 0 Å². The molecule has 1 aromatic rings. The molecule has 4 heteroatoms. The zero-order chi connectivity index (χ0) is 11.3. The number of benzene rings is 1. The van der Waals surface area contributed by atoms with E-state index in [1.54, 1.807) is 4.90 Å². The molecule has 0 fully saturated rings. The number of rotatable bonds is 4. The van der Waals surface area contributed by atoms with Crippen molar-refractivity contribution < 1.29 is 4.79 Å². The van der Waals surface area contributed by atoms with Crippen LogP contribution in [0.5, 0.6) is 0 Å². The Morgan fingerprint density at radius 3 is 2.53 bits per heavy atom. The first kappa shape index (κ1) is 13.0. The topological polar surface area (TPSA) is 20.3 Å². The minimum atomic E-state index is 0.0901. The van der Waals surface area contributed by atoms with Gasteiger partial charge in [0.15, 0.2) is 0 Å².